The summed E-state index contributed by atoms with van der Waals surface area (Å²) in [7, 11) is -18.8. The van der Waals surface area contributed by atoms with E-state index in [2.05, 4.69) is 165 Å². The first-order chi connectivity index (χ1) is 27.8. The number of hydrogen-bond donors (Lipinski definition) is 4. The van der Waals surface area contributed by atoms with E-state index in [-0.39, 0.29) is 0 Å². The minimum atomic E-state index is -4.69. The third-order valence-corrected chi connectivity index (χ3v) is 7.88. The van der Waals surface area contributed by atoms with Crippen LogP contribution in [0.2, 0.25) is 0 Å². The highest BCUT2D eigenvalue weighted by Crippen LogP contribution is 2.18. The van der Waals surface area contributed by atoms with Crippen molar-refractivity contribution in [3.05, 3.63) is 169 Å². The predicted octanol–water partition coefficient (Wildman–Crippen LogP) is -11.8. The largest absolute Gasteiger partial charge is 0.201 e. The Balaban J connectivity index is 0.000000402. The van der Waals surface area contributed by atoms with Gasteiger partial charge in [-0.05, 0) is 22.3 Å². The average Bonchev–Trinajstić information content (AvgIpc) is 3.12. The van der Waals surface area contributed by atoms with Gasteiger partial charge >= 0.3 is 0 Å². The zero-order valence-electron chi connectivity index (χ0n) is 30.7. The van der Waals surface area contributed by atoms with Crippen molar-refractivity contribution in [2.75, 3.05) is 0 Å². The normalized spacial score (nSPS) is 12.4. The fourth-order valence-corrected chi connectivity index (χ4v) is 5.54. The minimum absolute atomic E-state index is 0.841. The fourth-order valence-electron chi connectivity index (χ4n) is 5.54. The summed E-state index contributed by atoms with van der Waals surface area (Å²) in [4.78, 5) is 0. The van der Waals surface area contributed by atoms with Crippen LogP contribution < -0.4 is 74.2 Å². The molecule has 2 aromatic carbocycles. The highest BCUT2D eigenvalue weighted by atomic mass is 35.7. The molecule has 4 aromatic heterocycles. The van der Waals surface area contributed by atoms with E-state index in [1.54, 1.807) is 0 Å². The van der Waals surface area contributed by atoms with Crippen molar-refractivity contribution in [1.29, 1.82) is 0 Å². The molecule has 11 heterocycles. The van der Waals surface area contributed by atoms with Gasteiger partial charge in [-0.3, -0.25) is 0 Å². The number of rotatable bonds is 0. The third-order valence-electron chi connectivity index (χ3n) is 7.88. The monoisotopic (exact) mass is 920 g/mol. The molecule has 0 spiro atoms. The molecule has 7 aliphatic heterocycles. The Labute approximate surface area is 349 Å². The van der Waals surface area contributed by atoms with Crippen molar-refractivity contribution in [3.8, 4) is 22.3 Å². The van der Waals surface area contributed by atoms with Crippen LogP contribution in [0.5, 0.6) is 0 Å². The average molecular weight is 923 g/mol. The molecule has 0 unspecified atom stereocenters. The van der Waals surface area contributed by atoms with E-state index < -0.39 is 41.0 Å². The second kappa shape index (κ2) is 22.4. The maximum absolute atomic E-state index is 8.60. The number of pyridine rings is 4. The lowest BCUT2D eigenvalue weighted by Crippen LogP contribution is -2.58. The number of aromatic nitrogens is 4. The van der Waals surface area contributed by atoms with Crippen molar-refractivity contribution >= 4 is 0 Å². The van der Waals surface area contributed by atoms with Crippen LogP contribution in [0.4, 0.5) is 0 Å². The van der Waals surface area contributed by atoms with Gasteiger partial charge in [-0.1, -0.05) is 48.5 Å². The molecule has 0 saturated carbocycles. The van der Waals surface area contributed by atoms with E-state index in [1.807, 2.05) is 0 Å². The summed E-state index contributed by atoms with van der Waals surface area (Å²) in [5.74, 6) is 0. The summed E-state index contributed by atoms with van der Waals surface area (Å²) >= 11 is 0. The molecule has 24 heteroatoms. The highest BCUT2D eigenvalue weighted by Gasteiger charge is 2.16. The third kappa shape index (κ3) is 22.2. The van der Waals surface area contributed by atoms with Crippen LogP contribution in [-0.2, 0) is 26.2 Å². The summed E-state index contributed by atoms with van der Waals surface area (Å²) in [6.45, 7) is 3.36. The van der Waals surface area contributed by atoms with Gasteiger partial charge in [0.1, 0.15) is 0 Å². The molecule has 7 aliphatic rings. The van der Waals surface area contributed by atoms with Gasteiger partial charge in [0.05, 0.1) is 59.6 Å². The van der Waals surface area contributed by atoms with Gasteiger partial charge in [0.15, 0.2) is 75.8 Å². The van der Waals surface area contributed by atoms with Crippen LogP contribution in [0.3, 0.4) is 0 Å². The van der Waals surface area contributed by atoms with Gasteiger partial charge in [-0.25, -0.2) is 18.3 Å². The standard InChI is InChI=1S/C36H32N4.4ClHO4/c1-2-6-34-26-38-19-11-30(12-20-38)32-15-23-40(24-16-32)28-36-8-4-3-7-35(36)27-39-21-13-31(14-22-39)29-9-17-37(18-10-29)25-33(34)5-1;4*2-1(3,4)5/h1-24H,25-28H2;4*(H,2,3,4,5)/q+4;;;;. The molecule has 0 saturated heterocycles. The molecular weight excluding hydrogens is 886 g/mol. The lowest BCUT2D eigenvalue weighted by atomic mass is 10.1. The summed E-state index contributed by atoms with van der Waals surface area (Å²) in [5, 5.41) is 0. The molecule has 13 rings (SSSR count). The van der Waals surface area contributed by atoms with Crippen LogP contribution in [0.1, 0.15) is 22.3 Å². The number of benzene rings is 2. The van der Waals surface area contributed by atoms with Crippen LogP contribution in [-0.4, -0.2) is 18.6 Å². The molecule has 4 N–H and O–H groups in total. The first kappa shape index (κ1) is 49.9. The summed E-state index contributed by atoms with van der Waals surface area (Å²) in [6.07, 6.45) is 17.5. The predicted molar refractivity (Wildman–Crippen MR) is 163 cm³/mol. The number of halogens is 4. The topological polar surface area (TPSA) is 373 Å². The fraction of sp³-hybridized carbons (Fsp3) is 0.111. The van der Waals surface area contributed by atoms with Crippen molar-refractivity contribution in [3.63, 3.8) is 0 Å². The van der Waals surface area contributed by atoms with E-state index in [1.165, 1.54) is 44.5 Å². The second-order valence-corrected chi connectivity index (χ2v) is 15.3. The smallest absolute Gasteiger partial charge is 0.174 e. The summed E-state index contributed by atoms with van der Waals surface area (Å²) in [5.41, 5.74) is 10.2. The highest BCUT2D eigenvalue weighted by molar-refractivity contribution is 5.61. The van der Waals surface area contributed by atoms with Gasteiger partial charge in [-0.2, -0.15) is 55.9 Å². The van der Waals surface area contributed by atoms with Crippen LogP contribution in [0.15, 0.2) is 147 Å². The Hall–Kier alpha value is -4.44. The van der Waals surface area contributed by atoms with Gasteiger partial charge in [0.2, 0.25) is 0 Å². The van der Waals surface area contributed by atoms with Crippen molar-refractivity contribution in [2.45, 2.75) is 26.2 Å². The first-order valence-corrected chi connectivity index (χ1v) is 21.5. The molecule has 0 atom stereocenters. The lowest BCUT2D eigenvalue weighted by Gasteiger charge is -2.07. The van der Waals surface area contributed by atoms with Gasteiger partial charge < -0.3 is 0 Å². The van der Waals surface area contributed by atoms with Gasteiger partial charge in [0.25, 0.3) is 0 Å². The van der Waals surface area contributed by atoms with E-state index in [0.29, 0.717) is 0 Å². The van der Waals surface area contributed by atoms with E-state index >= 15 is 0 Å². The maximum atomic E-state index is 8.60. The lowest BCUT2D eigenvalue weighted by molar-refractivity contribution is -1.92. The molecule has 0 fully saturated rings. The first-order valence-electron chi connectivity index (χ1n) is 16.4. The van der Waals surface area contributed by atoms with Crippen LogP contribution >= 0.6 is 0 Å². The molecule has 60 heavy (non-hydrogen) atoms. The SMILES string of the molecule is [O-][Cl+3]([O-])([O-])O.[O-][Cl+3]([O-])([O-])O.[O-][Cl+3]([O-])([O-])O.[O-][Cl+3]([O-])([O-])O.c1ccc2c(c1)C[n+]1ccc(cc1)-c1cc[n+](cc1)Cc1ccccc1C[n+]1ccc(cc1)-c1cc[n+](cc1)C2. The van der Waals surface area contributed by atoms with Crippen LogP contribution in [0.25, 0.3) is 22.3 Å². The summed E-state index contributed by atoms with van der Waals surface area (Å²) in [6, 6.07) is 35.2. The molecule has 0 amide bonds. The molecule has 0 aliphatic carbocycles. The Morgan fingerprint density at radius 2 is 0.417 bits per heavy atom. The molecule has 20 nitrogen and oxygen atoms in total. The Kier molecular flexibility index (Phi) is 18.6. The second-order valence-electron chi connectivity index (χ2n) is 12.2. The Bertz CT molecular complexity index is 1860. The number of nitrogens with zero attached hydrogens (tertiary/aromatic N) is 4. The summed E-state index contributed by atoms with van der Waals surface area (Å²) < 4.78 is 140. The molecular formula is C36H36Cl4N4O16+4. The van der Waals surface area contributed by atoms with Gasteiger partial charge in [-0.15, -0.1) is 0 Å². The van der Waals surface area contributed by atoms with E-state index in [9.17, 15) is 0 Å². The molecule has 0 radical (unpaired) electrons. The molecule has 8 bridgehead atoms. The van der Waals surface area contributed by atoms with Crippen LogP contribution in [0, 0.1) is 41.0 Å². The van der Waals surface area contributed by atoms with Crippen molar-refractivity contribution < 1.29 is 134 Å². The Morgan fingerprint density at radius 3 is 0.550 bits per heavy atom. The zero-order valence-corrected chi connectivity index (χ0v) is 33.7. The number of hydrogen-bond acceptors (Lipinski definition) is 16. The van der Waals surface area contributed by atoms with Gasteiger partial charge in [0, 0.05) is 70.8 Å². The van der Waals surface area contributed by atoms with Crippen molar-refractivity contribution in [1.82, 2.24) is 0 Å². The Morgan fingerprint density at radius 1 is 0.283 bits per heavy atom. The van der Waals surface area contributed by atoms with Crippen molar-refractivity contribution in [2.24, 2.45) is 0 Å². The maximum Gasteiger partial charge on any atom is 0.174 e. The molecule has 320 valence electrons. The van der Waals surface area contributed by atoms with E-state index in [4.69, 9.17) is 74.5 Å². The quantitative estimate of drug-likeness (QED) is 0.103. The zero-order chi connectivity index (χ0) is 44.7. The minimum Gasteiger partial charge on any atom is -0.201 e. The molecule has 6 aromatic rings. The van der Waals surface area contributed by atoms with E-state index in [0.717, 1.165) is 26.2 Å².